The van der Waals surface area contributed by atoms with Gasteiger partial charge in [0.05, 0.1) is 12.2 Å². The van der Waals surface area contributed by atoms with Crippen LogP contribution in [0.15, 0.2) is 6.07 Å². The molecule has 0 aliphatic carbocycles. The molecule has 1 N–H and O–H groups in total. The number of aromatic nitrogens is 3. The van der Waals surface area contributed by atoms with Crippen molar-refractivity contribution in [3.8, 4) is 0 Å². The van der Waals surface area contributed by atoms with Gasteiger partial charge in [0.2, 0.25) is 11.8 Å². The first-order valence-electron chi connectivity index (χ1n) is 7.59. The van der Waals surface area contributed by atoms with E-state index in [-0.39, 0.29) is 18.4 Å². The third-order valence-corrected chi connectivity index (χ3v) is 3.82. The third-order valence-electron chi connectivity index (χ3n) is 3.82. The minimum absolute atomic E-state index is 0.0272. The van der Waals surface area contributed by atoms with Crippen LogP contribution in [0.1, 0.15) is 29.1 Å². The zero-order valence-electron chi connectivity index (χ0n) is 14.3. The van der Waals surface area contributed by atoms with E-state index in [9.17, 15) is 9.59 Å². The Morgan fingerprint density at radius 1 is 1.26 bits per heavy atom. The fourth-order valence-electron chi connectivity index (χ4n) is 2.46. The van der Waals surface area contributed by atoms with Crippen molar-refractivity contribution in [2.24, 2.45) is 0 Å². The Kier molecular flexibility index (Phi) is 4.98. The topological polar surface area (TPSA) is 79.6 Å². The molecule has 0 bridgehead atoms. The van der Waals surface area contributed by atoms with E-state index < -0.39 is 0 Å². The molecular formula is C16H23N5O2. The average molecular weight is 317 g/mol. The van der Waals surface area contributed by atoms with Gasteiger partial charge in [-0.15, -0.1) is 0 Å². The molecule has 0 atom stereocenters. The van der Waals surface area contributed by atoms with E-state index >= 15 is 0 Å². The summed E-state index contributed by atoms with van der Waals surface area (Å²) in [5, 5.41) is 7.07. The Bertz CT molecular complexity index is 748. The van der Waals surface area contributed by atoms with Crippen molar-refractivity contribution in [3.63, 3.8) is 0 Å². The minimum Gasteiger partial charge on any atom is -0.347 e. The predicted octanol–water partition coefficient (Wildman–Crippen LogP) is 0.792. The fourth-order valence-corrected chi connectivity index (χ4v) is 2.46. The number of rotatable bonds is 5. The maximum atomic E-state index is 11.9. The highest BCUT2D eigenvalue weighted by Crippen LogP contribution is 2.16. The van der Waals surface area contributed by atoms with Crippen molar-refractivity contribution in [2.45, 2.75) is 33.6 Å². The maximum absolute atomic E-state index is 11.9. The Morgan fingerprint density at radius 3 is 2.61 bits per heavy atom. The molecule has 0 aromatic carbocycles. The molecule has 0 aliphatic heterocycles. The summed E-state index contributed by atoms with van der Waals surface area (Å²) in [5.74, 6) is -0.267. The number of fused-ring (bicyclic) bond motifs is 1. The van der Waals surface area contributed by atoms with E-state index in [4.69, 9.17) is 0 Å². The molecule has 2 aromatic heterocycles. The van der Waals surface area contributed by atoms with Crippen molar-refractivity contribution in [1.29, 1.82) is 0 Å². The molecular weight excluding hydrogens is 294 g/mol. The number of nitrogens with one attached hydrogen (secondary N) is 1. The molecule has 7 nitrogen and oxygen atoms in total. The van der Waals surface area contributed by atoms with E-state index in [0.29, 0.717) is 12.8 Å². The van der Waals surface area contributed by atoms with Crippen LogP contribution >= 0.6 is 0 Å². The second-order valence-electron chi connectivity index (χ2n) is 5.88. The van der Waals surface area contributed by atoms with Crippen LogP contribution in [0.25, 0.3) is 5.65 Å². The van der Waals surface area contributed by atoms with E-state index in [1.54, 1.807) is 14.1 Å². The molecule has 7 heteroatoms. The van der Waals surface area contributed by atoms with Crippen LogP contribution in [-0.2, 0) is 16.0 Å². The molecule has 0 radical (unpaired) electrons. The fraction of sp³-hybridized carbons (Fsp3) is 0.500. The van der Waals surface area contributed by atoms with Crippen LogP contribution in [0.3, 0.4) is 0 Å². The van der Waals surface area contributed by atoms with Crippen molar-refractivity contribution >= 4 is 17.5 Å². The van der Waals surface area contributed by atoms with Crippen LogP contribution < -0.4 is 5.32 Å². The van der Waals surface area contributed by atoms with Gasteiger partial charge in [-0.1, -0.05) is 0 Å². The second-order valence-corrected chi connectivity index (χ2v) is 5.88. The smallest absolute Gasteiger partial charge is 0.241 e. The zero-order chi connectivity index (χ0) is 17.1. The summed E-state index contributed by atoms with van der Waals surface area (Å²) in [4.78, 5) is 29.4. The van der Waals surface area contributed by atoms with Gasteiger partial charge in [-0.3, -0.25) is 9.59 Å². The number of aryl methyl sites for hydroxylation is 3. The molecule has 0 saturated heterocycles. The molecule has 124 valence electrons. The summed E-state index contributed by atoms with van der Waals surface area (Å²) in [6.45, 7) is 5.88. The Balaban J connectivity index is 2.04. The number of carbonyl (C=O) groups excluding carboxylic acids is 2. The van der Waals surface area contributed by atoms with Crippen molar-refractivity contribution in [2.75, 3.05) is 20.6 Å². The molecule has 2 amide bonds. The van der Waals surface area contributed by atoms with E-state index in [1.165, 1.54) is 4.90 Å². The van der Waals surface area contributed by atoms with Gasteiger partial charge in [0.1, 0.15) is 0 Å². The largest absolute Gasteiger partial charge is 0.347 e. The van der Waals surface area contributed by atoms with E-state index in [2.05, 4.69) is 15.4 Å². The summed E-state index contributed by atoms with van der Waals surface area (Å²) in [6, 6.07) is 1.93. The molecule has 2 heterocycles. The highest BCUT2D eigenvalue weighted by Gasteiger charge is 2.13. The van der Waals surface area contributed by atoms with E-state index in [1.807, 2.05) is 31.4 Å². The lowest BCUT2D eigenvalue weighted by atomic mass is 10.1. The standard InChI is InChI=1S/C16H23N5O2/c1-10-8-14-18-11(2)13(12(3)21(14)19-10)6-7-15(22)17-9-16(23)20(4)5/h8H,6-7,9H2,1-5H3,(H,17,22). The van der Waals surface area contributed by atoms with Crippen LogP contribution in [0.2, 0.25) is 0 Å². The van der Waals surface area contributed by atoms with Crippen LogP contribution in [0.4, 0.5) is 0 Å². The number of hydrogen-bond acceptors (Lipinski definition) is 4. The molecule has 0 spiro atoms. The highest BCUT2D eigenvalue weighted by molar-refractivity contribution is 5.84. The van der Waals surface area contributed by atoms with Gasteiger partial charge in [-0.25, -0.2) is 9.50 Å². The molecule has 2 aromatic rings. The first kappa shape index (κ1) is 16.9. The summed E-state index contributed by atoms with van der Waals surface area (Å²) in [5.41, 5.74) is 4.67. The number of likely N-dealkylation sites (N-methyl/N-ethyl adjacent to an activating group) is 1. The van der Waals surface area contributed by atoms with Gasteiger partial charge >= 0.3 is 0 Å². The Hall–Kier alpha value is -2.44. The molecule has 23 heavy (non-hydrogen) atoms. The molecule has 0 aliphatic rings. The molecule has 0 saturated carbocycles. The lowest BCUT2D eigenvalue weighted by Crippen LogP contribution is -2.36. The predicted molar refractivity (Wildman–Crippen MR) is 87.2 cm³/mol. The van der Waals surface area contributed by atoms with Crippen LogP contribution in [-0.4, -0.2) is 52.0 Å². The number of hydrogen-bond donors (Lipinski definition) is 1. The van der Waals surface area contributed by atoms with E-state index in [0.717, 1.165) is 28.3 Å². The minimum atomic E-state index is -0.143. The Morgan fingerprint density at radius 2 is 1.96 bits per heavy atom. The van der Waals surface area contributed by atoms with Crippen molar-refractivity contribution < 1.29 is 9.59 Å². The van der Waals surface area contributed by atoms with Gasteiger partial charge in [-0.05, 0) is 32.8 Å². The highest BCUT2D eigenvalue weighted by atomic mass is 16.2. The van der Waals surface area contributed by atoms with Crippen LogP contribution in [0, 0.1) is 20.8 Å². The van der Waals surface area contributed by atoms with Gasteiger partial charge in [-0.2, -0.15) is 5.10 Å². The maximum Gasteiger partial charge on any atom is 0.241 e. The zero-order valence-corrected chi connectivity index (χ0v) is 14.3. The van der Waals surface area contributed by atoms with Crippen molar-refractivity contribution in [1.82, 2.24) is 24.8 Å². The first-order chi connectivity index (χ1) is 10.8. The first-order valence-corrected chi connectivity index (χ1v) is 7.59. The van der Waals surface area contributed by atoms with Gasteiger partial charge in [0, 0.05) is 38.0 Å². The summed E-state index contributed by atoms with van der Waals surface area (Å²) < 4.78 is 1.81. The SMILES string of the molecule is Cc1cc2nc(C)c(CCC(=O)NCC(=O)N(C)C)c(C)n2n1. The van der Waals surface area contributed by atoms with Gasteiger partial charge in [0.25, 0.3) is 0 Å². The summed E-state index contributed by atoms with van der Waals surface area (Å²) in [6.07, 6.45) is 0.886. The quantitative estimate of drug-likeness (QED) is 0.884. The molecule has 0 unspecified atom stereocenters. The normalized spacial score (nSPS) is 10.8. The van der Waals surface area contributed by atoms with Gasteiger partial charge in [0.15, 0.2) is 5.65 Å². The number of nitrogens with zero attached hydrogens (tertiary/aromatic N) is 4. The van der Waals surface area contributed by atoms with Crippen molar-refractivity contribution in [3.05, 3.63) is 28.7 Å². The summed E-state index contributed by atoms with van der Waals surface area (Å²) in [7, 11) is 3.32. The lowest BCUT2D eigenvalue weighted by Gasteiger charge is -2.12. The van der Waals surface area contributed by atoms with Gasteiger partial charge < -0.3 is 10.2 Å². The summed E-state index contributed by atoms with van der Waals surface area (Å²) >= 11 is 0. The van der Waals surface area contributed by atoms with Crippen LogP contribution in [0.5, 0.6) is 0 Å². The monoisotopic (exact) mass is 317 g/mol. The number of amides is 2. The molecule has 2 rings (SSSR count). The average Bonchev–Trinajstić information content (AvgIpc) is 2.84. The Labute approximate surface area is 135 Å². The molecule has 0 fully saturated rings. The second kappa shape index (κ2) is 6.76. The third kappa shape index (κ3) is 3.85. The lowest BCUT2D eigenvalue weighted by molar-refractivity contribution is -0.130. The number of carbonyl (C=O) groups is 2.